The van der Waals surface area contributed by atoms with Gasteiger partial charge in [-0.2, -0.15) is 0 Å². The van der Waals surface area contributed by atoms with Gasteiger partial charge < -0.3 is 18.9 Å². The summed E-state index contributed by atoms with van der Waals surface area (Å²) in [4.78, 5) is 35.8. The predicted molar refractivity (Wildman–Crippen MR) is 109 cm³/mol. The van der Waals surface area contributed by atoms with Crippen LogP contribution in [0.4, 0.5) is 0 Å². The summed E-state index contributed by atoms with van der Waals surface area (Å²) in [5, 5.41) is 0. The molecule has 30 heavy (non-hydrogen) atoms. The van der Waals surface area contributed by atoms with Gasteiger partial charge in [0.15, 0.2) is 5.92 Å². The van der Waals surface area contributed by atoms with Crippen molar-refractivity contribution in [2.75, 3.05) is 20.3 Å². The van der Waals surface area contributed by atoms with Crippen LogP contribution in [0.1, 0.15) is 35.3 Å². The zero-order chi connectivity index (χ0) is 21.9. The summed E-state index contributed by atoms with van der Waals surface area (Å²) in [5.74, 6) is -1.98. The molecule has 7 nitrogen and oxygen atoms in total. The topological polar surface area (TPSA) is 88.1 Å². The van der Waals surface area contributed by atoms with Crippen LogP contribution in [0.3, 0.4) is 0 Å². The number of methoxy groups -OCH3 is 1. The predicted octanol–water partition coefficient (Wildman–Crippen LogP) is 3.34. The zero-order valence-electron chi connectivity index (χ0n) is 17.4. The second-order valence-corrected chi connectivity index (χ2v) is 6.39. The second kappa shape index (κ2) is 11.6. The molecule has 0 aliphatic rings. The Balaban J connectivity index is 2.00. The summed E-state index contributed by atoms with van der Waals surface area (Å²) in [5.41, 5.74) is 2.06. The van der Waals surface area contributed by atoms with Crippen molar-refractivity contribution in [2.24, 2.45) is 5.92 Å². The Morgan fingerprint density at radius 1 is 0.867 bits per heavy atom. The van der Waals surface area contributed by atoms with Crippen molar-refractivity contribution in [1.82, 2.24) is 0 Å². The number of esters is 3. The summed E-state index contributed by atoms with van der Waals surface area (Å²) in [6, 6.07) is 14.1. The molecule has 0 saturated heterocycles. The third-order valence-electron chi connectivity index (χ3n) is 4.26. The van der Waals surface area contributed by atoms with Gasteiger partial charge in [0, 0.05) is 0 Å². The Morgan fingerprint density at radius 3 is 2.07 bits per heavy atom. The highest BCUT2D eigenvalue weighted by Crippen LogP contribution is 2.19. The first kappa shape index (κ1) is 22.9. The molecule has 0 atom stereocenters. The molecule has 0 aliphatic carbocycles. The van der Waals surface area contributed by atoms with Crippen LogP contribution in [0.2, 0.25) is 0 Å². The summed E-state index contributed by atoms with van der Waals surface area (Å²) in [7, 11) is 1.33. The maximum Gasteiger partial charge on any atom is 0.337 e. The molecule has 2 rings (SSSR count). The first-order valence-electron chi connectivity index (χ1n) is 9.70. The van der Waals surface area contributed by atoms with Crippen molar-refractivity contribution in [3.8, 4) is 5.75 Å². The molecule has 0 unspecified atom stereocenters. The molecule has 0 fully saturated rings. The summed E-state index contributed by atoms with van der Waals surface area (Å²) < 4.78 is 20.5. The number of rotatable bonds is 10. The minimum Gasteiger partial charge on any atom is -0.489 e. The maximum atomic E-state index is 12.1. The van der Waals surface area contributed by atoms with Crippen LogP contribution in [-0.4, -0.2) is 38.2 Å². The minimum absolute atomic E-state index is 0.180. The van der Waals surface area contributed by atoms with E-state index in [0.717, 1.165) is 11.1 Å². The van der Waals surface area contributed by atoms with Crippen LogP contribution >= 0.6 is 0 Å². The smallest absolute Gasteiger partial charge is 0.337 e. The first-order chi connectivity index (χ1) is 14.5. The molecular formula is C23H26O7. The van der Waals surface area contributed by atoms with E-state index in [0.29, 0.717) is 11.3 Å². The zero-order valence-corrected chi connectivity index (χ0v) is 17.4. The third kappa shape index (κ3) is 6.62. The van der Waals surface area contributed by atoms with E-state index >= 15 is 0 Å². The van der Waals surface area contributed by atoms with E-state index in [1.54, 1.807) is 56.3 Å². The fourth-order valence-corrected chi connectivity index (χ4v) is 2.78. The fourth-order valence-electron chi connectivity index (χ4n) is 2.78. The lowest BCUT2D eigenvalue weighted by Crippen LogP contribution is -2.30. The van der Waals surface area contributed by atoms with Crippen molar-refractivity contribution < 1.29 is 33.3 Å². The SMILES string of the molecule is CCOC(=O)C(Cc1ccc(OCc2cccc(C(=O)OC)c2)cc1)C(=O)OCC. The highest BCUT2D eigenvalue weighted by molar-refractivity contribution is 5.95. The molecule has 160 valence electrons. The number of ether oxygens (including phenoxy) is 4. The van der Waals surface area contributed by atoms with Crippen molar-refractivity contribution >= 4 is 17.9 Å². The molecule has 7 heteroatoms. The lowest BCUT2D eigenvalue weighted by Gasteiger charge is -2.14. The first-order valence-corrected chi connectivity index (χ1v) is 9.70. The van der Waals surface area contributed by atoms with Crippen molar-refractivity contribution in [3.63, 3.8) is 0 Å². The average Bonchev–Trinajstić information content (AvgIpc) is 2.76. The van der Waals surface area contributed by atoms with Crippen molar-refractivity contribution in [3.05, 3.63) is 65.2 Å². The fraction of sp³-hybridized carbons (Fsp3) is 0.348. The van der Waals surface area contributed by atoms with Gasteiger partial charge in [0.05, 0.1) is 25.9 Å². The number of hydrogen-bond acceptors (Lipinski definition) is 7. The van der Waals surface area contributed by atoms with E-state index in [1.165, 1.54) is 7.11 Å². The molecule has 0 amide bonds. The lowest BCUT2D eigenvalue weighted by molar-refractivity contribution is -0.161. The summed E-state index contributed by atoms with van der Waals surface area (Å²) in [6.07, 6.45) is 0.180. The van der Waals surface area contributed by atoms with E-state index in [1.807, 2.05) is 6.07 Å². The molecule has 2 aromatic rings. The van der Waals surface area contributed by atoms with E-state index in [9.17, 15) is 14.4 Å². The molecule has 0 heterocycles. The minimum atomic E-state index is -1.00. The van der Waals surface area contributed by atoms with Gasteiger partial charge in [0.1, 0.15) is 12.4 Å². The number of benzene rings is 2. The Labute approximate surface area is 175 Å². The quantitative estimate of drug-likeness (QED) is 0.335. The molecule has 0 bridgehead atoms. The molecular weight excluding hydrogens is 388 g/mol. The molecule has 0 spiro atoms. The highest BCUT2D eigenvalue weighted by Gasteiger charge is 2.29. The molecule has 2 aromatic carbocycles. The van der Waals surface area contributed by atoms with Gasteiger partial charge in [-0.1, -0.05) is 24.3 Å². The Morgan fingerprint density at radius 2 is 1.50 bits per heavy atom. The third-order valence-corrected chi connectivity index (χ3v) is 4.26. The second-order valence-electron chi connectivity index (χ2n) is 6.39. The largest absolute Gasteiger partial charge is 0.489 e. The van der Waals surface area contributed by atoms with Crippen LogP contribution < -0.4 is 4.74 Å². The molecule has 0 aliphatic heterocycles. The van der Waals surface area contributed by atoms with Crippen LogP contribution in [0.5, 0.6) is 5.75 Å². The van der Waals surface area contributed by atoms with Gasteiger partial charge in [-0.05, 0) is 55.7 Å². The monoisotopic (exact) mass is 414 g/mol. The van der Waals surface area contributed by atoms with Crippen LogP contribution in [0, 0.1) is 5.92 Å². The maximum absolute atomic E-state index is 12.1. The molecule has 0 saturated carbocycles. The number of carbonyl (C=O) groups excluding carboxylic acids is 3. The van der Waals surface area contributed by atoms with Gasteiger partial charge in [0.25, 0.3) is 0 Å². The standard InChI is InChI=1S/C23H26O7/c1-4-28-22(25)20(23(26)29-5-2)14-16-9-11-19(12-10-16)30-15-17-7-6-8-18(13-17)21(24)27-3/h6-13,20H,4-5,14-15H2,1-3H3. The highest BCUT2D eigenvalue weighted by atomic mass is 16.6. The number of hydrogen-bond donors (Lipinski definition) is 0. The van der Waals surface area contributed by atoms with Crippen LogP contribution in [-0.2, 0) is 36.8 Å². The Kier molecular flexibility index (Phi) is 8.87. The molecule has 0 N–H and O–H groups in total. The molecule has 0 aromatic heterocycles. The van der Waals surface area contributed by atoms with E-state index in [4.69, 9.17) is 18.9 Å². The number of carbonyl (C=O) groups is 3. The molecule has 0 radical (unpaired) electrons. The summed E-state index contributed by atoms with van der Waals surface area (Å²) >= 11 is 0. The average molecular weight is 414 g/mol. The summed E-state index contributed by atoms with van der Waals surface area (Å²) in [6.45, 7) is 4.04. The van der Waals surface area contributed by atoms with E-state index in [-0.39, 0.29) is 26.2 Å². The van der Waals surface area contributed by atoms with Crippen LogP contribution in [0.25, 0.3) is 0 Å². The van der Waals surface area contributed by atoms with Gasteiger partial charge in [-0.15, -0.1) is 0 Å². The normalized spacial score (nSPS) is 10.4. The van der Waals surface area contributed by atoms with Crippen molar-refractivity contribution in [1.29, 1.82) is 0 Å². The Hall–Kier alpha value is -3.35. The van der Waals surface area contributed by atoms with Gasteiger partial charge in [-0.25, -0.2) is 4.79 Å². The van der Waals surface area contributed by atoms with E-state index < -0.39 is 23.8 Å². The van der Waals surface area contributed by atoms with Crippen LogP contribution in [0.15, 0.2) is 48.5 Å². The van der Waals surface area contributed by atoms with E-state index in [2.05, 4.69) is 0 Å². The van der Waals surface area contributed by atoms with Gasteiger partial charge >= 0.3 is 17.9 Å². The Bertz CT molecular complexity index is 840. The van der Waals surface area contributed by atoms with Crippen molar-refractivity contribution in [2.45, 2.75) is 26.9 Å². The lowest BCUT2D eigenvalue weighted by atomic mass is 9.99. The van der Waals surface area contributed by atoms with Gasteiger partial charge in [-0.3, -0.25) is 9.59 Å². The van der Waals surface area contributed by atoms with Gasteiger partial charge in [0.2, 0.25) is 0 Å².